The highest BCUT2D eigenvalue weighted by atomic mass is 32.2. The zero-order valence-electron chi connectivity index (χ0n) is 17.7. The summed E-state index contributed by atoms with van der Waals surface area (Å²) in [6.07, 6.45) is 5.18. The summed E-state index contributed by atoms with van der Waals surface area (Å²) in [5, 5.41) is 11.9. The molecule has 0 spiro atoms. The third-order valence-electron chi connectivity index (χ3n) is 6.65. The molecule has 6 nitrogen and oxygen atoms in total. The van der Waals surface area contributed by atoms with Gasteiger partial charge in [-0.25, -0.2) is 4.39 Å². The molecule has 1 aromatic carbocycles. The van der Waals surface area contributed by atoms with Crippen LogP contribution >= 0.6 is 11.8 Å². The number of halogens is 1. The average molecular weight is 433 g/mol. The Labute approximate surface area is 181 Å². The Balaban J connectivity index is 1.59. The van der Waals surface area contributed by atoms with E-state index in [0.717, 1.165) is 11.8 Å². The largest absolute Gasteiger partial charge is 0.483 e. The molecule has 1 amide bonds. The SMILES string of the molecule is CNC(=O)C(C)Sc1nnc(COc2ccccc2F)n1C(C)C1CC2CCC1C2. The number of hydrogen-bond donors (Lipinski definition) is 1. The van der Waals surface area contributed by atoms with Gasteiger partial charge in [0.2, 0.25) is 5.91 Å². The van der Waals surface area contributed by atoms with Crippen LogP contribution in [0.1, 0.15) is 51.4 Å². The van der Waals surface area contributed by atoms with Crippen LogP contribution in [-0.2, 0) is 11.4 Å². The minimum absolute atomic E-state index is 0.0497. The van der Waals surface area contributed by atoms with Gasteiger partial charge in [0.1, 0.15) is 6.61 Å². The molecule has 2 aromatic rings. The highest BCUT2D eigenvalue weighted by molar-refractivity contribution is 8.00. The molecule has 0 saturated heterocycles. The number of para-hydroxylation sites is 1. The number of rotatable bonds is 8. The molecule has 30 heavy (non-hydrogen) atoms. The molecule has 2 aliphatic carbocycles. The van der Waals surface area contributed by atoms with Gasteiger partial charge in [-0.15, -0.1) is 10.2 Å². The molecule has 0 aliphatic heterocycles. The van der Waals surface area contributed by atoms with Crippen molar-refractivity contribution < 1.29 is 13.9 Å². The second-order valence-electron chi connectivity index (χ2n) is 8.44. The van der Waals surface area contributed by atoms with Crippen LogP contribution in [0.2, 0.25) is 0 Å². The summed E-state index contributed by atoms with van der Waals surface area (Å²) >= 11 is 1.40. The van der Waals surface area contributed by atoms with E-state index in [1.165, 1.54) is 43.5 Å². The summed E-state index contributed by atoms with van der Waals surface area (Å²) < 4.78 is 21.8. The Morgan fingerprint density at radius 1 is 1.30 bits per heavy atom. The number of nitrogens with zero attached hydrogens (tertiary/aromatic N) is 3. The summed E-state index contributed by atoms with van der Waals surface area (Å²) in [6, 6.07) is 6.57. The summed E-state index contributed by atoms with van der Waals surface area (Å²) in [5.74, 6) is 2.56. The van der Waals surface area contributed by atoms with Gasteiger partial charge in [-0.2, -0.15) is 0 Å². The highest BCUT2D eigenvalue weighted by Crippen LogP contribution is 2.52. The van der Waals surface area contributed by atoms with Crippen molar-refractivity contribution in [3.63, 3.8) is 0 Å². The monoisotopic (exact) mass is 432 g/mol. The number of aromatic nitrogens is 3. The van der Waals surface area contributed by atoms with Gasteiger partial charge in [0, 0.05) is 13.1 Å². The zero-order chi connectivity index (χ0) is 21.3. The Kier molecular flexibility index (Phi) is 6.32. The number of carbonyl (C=O) groups excluding carboxylic acids is 1. The summed E-state index contributed by atoms with van der Waals surface area (Å²) in [5.41, 5.74) is 0. The predicted octanol–water partition coefficient (Wildman–Crippen LogP) is 4.22. The molecule has 4 rings (SSSR count). The van der Waals surface area contributed by atoms with Gasteiger partial charge in [0.25, 0.3) is 0 Å². The zero-order valence-corrected chi connectivity index (χ0v) is 18.5. The first kappa shape index (κ1) is 21.2. The number of ether oxygens (including phenoxy) is 1. The van der Waals surface area contributed by atoms with Crippen LogP contribution in [0.5, 0.6) is 5.75 Å². The maximum Gasteiger partial charge on any atom is 0.233 e. The molecule has 2 bridgehead atoms. The van der Waals surface area contributed by atoms with Gasteiger partial charge in [0.15, 0.2) is 22.5 Å². The number of benzene rings is 1. The van der Waals surface area contributed by atoms with Crippen LogP contribution in [0.3, 0.4) is 0 Å². The first-order valence-corrected chi connectivity index (χ1v) is 11.5. The van der Waals surface area contributed by atoms with E-state index in [4.69, 9.17) is 4.74 Å². The van der Waals surface area contributed by atoms with Crippen LogP contribution < -0.4 is 10.1 Å². The van der Waals surface area contributed by atoms with E-state index in [0.29, 0.717) is 16.9 Å². The first-order chi connectivity index (χ1) is 14.5. The standard InChI is InChI=1S/C22H29FN4O2S/c1-13(17-11-15-8-9-16(17)10-15)27-20(12-29-19-7-5-4-6-18(19)23)25-26-22(27)30-14(2)21(28)24-3/h4-7,13-17H,8-12H2,1-3H3,(H,24,28). The molecule has 2 aliphatic rings. The molecule has 5 atom stereocenters. The normalized spacial score (nSPS) is 24.6. The Morgan fingerprint density at radius 3 is 2.77 bits per heavy atom. The van der Waals surface area contributed by atoms with Crippen molar-refractivity contribution in [3.05, 3.63) is 35.9 Å². The van der Waals surface area contributed by atoms with E-state index in [1.807, 2.05) is 6.92 Å². The van der Waals surface area contributed by atoms with Crippen LogP contribution in [0.25, 0.3) is 0 Å². The molecule has 2 saturated carbocycles. The van der Waals surface area contributed by atoms with E-state index in [-0.39, 0.29) is 29.6 Å². The first-order valence-electron chi connectivity index (χ1n) is 10.7. The fourth-order valence-electron chi connectivity index (χ4n) is 5.09. The second kappa shape index (κ2) is 8.96. The fraction of sp³-hybridized carbons (Fsp3) is 0.591. The molecule has 1 heterocycles. The lowest BCUT2D eigenvalue weighted by Gasteiger charge is -2.30. The molecule has 8 heteroatoms. The van der Waals surface area contributed by atoms with E-state index in [9.17, 15) is 9.18 Å². The number of amides is 1. The Hall–Kier alpha value is -2.09. The van der Waals surface area contributed by atoms with Gasteiger partial charge < -0.3 is 10.1 Å². The van der Waals surface area contributed by atoms with Crippen molar-refractivity contribution in [3.8, 4) is 5.75 Å². The van der Waals surface area contributed by atoms with Crippen molar-refractivity contribution in [1.29, 1.82) is 0 Å². The van der Waals surface area contributed by atoms with Crippen LogP contribution in [0, 0.1) is 23.6 Å². The van der Waals surface area contributed by atoms with Crippen molar-refractivity contribution in [2.45, 2.75) is 62.6 Å². The highest BCUT2D eigenvalue weighted by Gasteiger charge is 2.43. The fourth-order valence-corrected chi connectivity index (χ4v) is 6.10. The van der Waals surface area contributed by atoms with Crippen LogP contribution in [0.4, 0.5) is 4.39 Å². The minimum atomic E-state index is -0.396. The van der Waals surface area contributed by atoms with E-state index < -0.39 is 5.82 Å². The molecule has 2 fully saturated rings. The summed E-state index contributed by atoms with van der Waals surface area (Å²) in [6.45, 7) is 4.21. The number of fused-ring (bicyclic) bond motifs is 2. The molecular weight excluding hydrogens is 403 g/mol. The summed E-state index contributed by atoms with van der Waals surface area (Å²) in [4.78, 5) is 12.1. The van der Waals surface area contributed by atoms with Gasteiger partial charge in [-0.1, -0.05) is 30.3 Å². The average Bonchev–Trinajstić information content (AvgIpc) is 3.48. The van der Waals surface area contributed by atoms with Gasteiger partial charge in [-0.05, 0) is 63.0 Å². The minimum Gasteiger partial charge on any atom is -0.483 e. The quantitative estimate of drug-likeness (QED) is 0.633. The number of carbonyl (C=O) groups is 1. The molecule has 1 aromatic heterocycles. The van der Waals surface area contributed by atoms with E-state index in [2.05, 4.69) is 27.0 Å². The number of hydrogen-bond acceptors (Lipinski definition) is 5. The van der Waals surface area contributed by atoms with Crippen LogP contribution in [-0.4, -0.2) is 33.0 Å². The van der Waals surface area contributed by atoms with E-state index >= 15 is 0 Å². The predicted molar refractivity (Wildman–Crippen MR) is 114 cm³/mol. The maximum absolute atomic E-state index is 14.0. The lowest BCUT2D eigenvalue weighted by molar-refractivity contribution is -0.119. The molecular formula is C22H29FN4O2S. The molecule has 1 N–H and O–H groups in total. The van der Waals surface area contributed by atoms with Crippen molar-refractivity contribution in [2.24, 2.45) is 17.8 Å². The number of nitrogens with one attached hydrogen (secondary N) is 1. The maximum atomic E-state index is 14.0. The molecule has 5 unspecified atom stereocenters. The van der Waals surface area contributed by atoms with Gasteiger partial charge >= 0.3 is 0 Å². The van der Waals surface area contributed by atoms with Crippen molar-refractivity contribution in [1.82, 2.24) is 20.1 Å². The third-order valence-corrected chi connectivity index (χ3v) is 7.70. The molecule has 162 valence electrons. The van der Waals surface area contributed by atoms with Gasteiger partial charge in [-0.3, -0.25) is 9.36 Å². The second-order valence-corrected chi connectivity index (χ2v) is 9.75. The van der Waals surface area contributed by atoms with Gasteiger partial charge in [0.05, 0.1) is 5.25 Å². The lowest BCUT2D eigenvalue weighted by atomic mass is 9.84. The third kappa shape index (κ3) is 4.19. The van der Waals surface area contributed by atoms with Crippen LogP contribution in [0.15, 0.2) is 29.4 Å². The Bertz CT molecular complexity index is 905. The summed E-state index contributed by atoms with van der Waals surface area (Å²) in [7, 11) is 1.63. The molecule has 0 radical (unpaired) electrons. The van der Waals surface area contributed by atoms with Crippen molar-refractivity contribution in [2.75, 3.05) is 7.05 Å². The van der Waals surface area contributed by atoms with E-state index in [1.54, 1.807) is 25.2 Å². The Morgan fingerprint density at radius 2 is 2.10 bits per heavy atom. The number of thioether (sulfide) groups is 1. The topological polar surface area (TPSA) is 69.0 Å². The smallest absolute Gasteiger partial charge is 0.233 e. The lowest BCUT2D eigenvalue weighted by Crippen LogP contribution is -2.28. The van der Waals surface area contributed by atoms with Crippen molar-refractivity contribution >= 4 is 17.7 Å².